The number of amides is 1. The van der Waals surface area contributed by atoms with Gasteiger partial charge in [0.1, 0.15) is 0 Å². The van der Waals surface area contributed by atoms with Gasteiger partial charge in [-0.05, 0) is 18.2 Å². The second-order valence-corrected chi connectivity index (χ2v) is 7.06. The average molecular weight is 382 g/mol. The van der Waals surface area contributed by atoms with Gasteiger partial charge in [0.25, 0.3) is 9.70 Å². The van der Waals surface area contributed by atoms with Crippen molar-refractivity contribution in [2.75, 3.05) is 43.6 Å². The van der Waals surface area contributed by atoms with Gasteiger partial charge in [-0.2, -0.15) is 0 Å². The third kappa shape index (κ3) is 4.64. The van der Waals surface area contributed by atoms with Crippen LogP contribution in [0.25, 0.3) is 0 Å². The van der Waals surface area contributed by atoms with E-state index in [1.165, 1.54) is 13.2 Å². The summed E-state index contributed by atoms with van der Waals surface area (Å²) >= 11 is 16.8. The Bertz CT molecular complexity index is 598. The molecule has 0 saturated carbocycles. The number of benzene rings is 1. The van der Waals surface area contributed by atoms with E-state index in [4.69, 9.17) is 39.5 Å². The van der Waals surface area contributed by atoms with Crippen molar-refractivity contribution in [3.05, 3.63) is 23.8 Å². The summed E-state index contributed by atoms with van der Waals surface area (Å²) in [6, 6.07) is 4.82. The highest BCUT2D eigenvalue weighted by molar-refractivity contribution is 6.76. The smallest absolute Gasteiger partial charge is 0.337 e. The van der Waals surface area contributed by atoms with Crippen molar-refractivity contribution in [1.82, 2.24) is 0 Å². The molecule has 0 radical (unpaired) electrons. The van der Waals surface area contributed by atoms with Crippen molar-refractivity contribution >= 4 is 58.1 Å². The molecule has 1 N–H and O–H groups in total. The number of ether oxygens (including phenoxy) is 2. The first kappa shape index (κ1) is 18.1. The fraction of sp³-hybridized carbons (Fsp3) is 0.429. The quantitative estimate of drug-likeness (QED) is 0.644. The van der Waals surface area contributed by atoms with Crippen LogP contribution in [0, 0.1) is 0 Å². The largest absolute Gasteiger partial charge is 0.465 e. The van der Waals surface area contributed by atoms with E-state index in [0.717, 1.165) is 0 Å². The second kappa shape index (κ2) is 7.57. The molecule has 1 amide bonds. The maximum absolute atomic E-state index is 12.0. The zero-order chi connectivity index (χ0) is 17.0. The number of hydrogen-bond acceptors (Lipinski definition) is 5. The van der Waals surface area contributed by atoms with Gasteiger partial charge in [0.15, 0.2) is 0 Å². The van der Waals surface area contributed by atoms with E-state index in [-0.39, 0.29) is 5.56 Å². The van der Waals surface area contributed by atoms with Crippen LogP contribution in [-0.2, 0) is 14.3 Å². The van der Waals surface area contributed by atoms with Crippen LogP contribution >= 0.6 is 34.8 Å². The molecular weight excluding hydrogens is 367 g/mol. The standard InChI is InChI=1S/C14H15Cl3N2O4/c1-22-12(20)9-2-3-11(19-4-6-23-7-5-19)10(8-9)18-13(21)14(15,16)17/h2-3,8H,4-7H2,1H3,(H,18,21). The van der Waals surface area contributed by atoms with Crippen LogP contribution in [0.4, 0.5) is 11.4 Å². The summed E-state index contributed by atoms with van der Waals surface area (Å²) in [5, 5.41) is 2.54. The molecule has 0 bridgehead atoms. The van der Waals surface area contributed by atoms with Gasteiger partial charge < -0.3 is 19.7 Å². The minimum atomic E-state index is -2.11. The van der Waals surface area contributed by atoms with E-state index in [0.29, 0.717) is 37.7 Å². The lowest BCUT2D eigenvalue weighted by Crippen LogP contribution is -2.37. The number of nitrogens with zero attached hydrogens (tertiary/aromatic N) is 1. The molecule has 0 atom stereocenters. The van der Waals surface area contributed by atoms with E-state index in [1.54, 1.807) is 12.1 Å². The van der Waals surface area contributed by atoms with Crippen LogP contribution in [0.5, 0.6) is 0 Å². The fourth-order valence-electron chi connectivity index (χ4n) is 2.15. The van der Waals surface area contributed by atoms with E-state index in [1.807, 2.05) is 4.90 Å². The predicted octanol–water partition coefficient (Wildman–Crippen LogP) is 2.62. The molecule has 9 heteroatoms. The van der Waals surface area contributed by atoms with E-state index >= 15 is 0 Å². The van der Waals surface area contributed by atoms with Gasteiger partial charge in [0.05, 0.1) is 37.3 Å². The molecule has 2 rings (SSSR count). The van der Waals surface area contributed by atoms with Crippen molar-refractivity contribution in [3.8, 4) is 0 Å². The van der Waals surface area contributed by atoms with E-state index < -0.39 is 15.7 Å². The van der Waals surface area contributed by atoms with Crippen molar-refractivity contribution < 1.29 is 19.1 Å². The summed E-state index contributed by atoms with van der Waals surface area (Å²) in [5.41, 5.74) is 1.36. The number of methoxy groups -OCH3 is 1. The van der Waals surface area contributed by atoms with Crippen molar-refractivity contribution in [1.29, 1.82) is 0 Å². The average Bonchev–Trinajstić information content (AvgIpc) is 2.54. The Morgan fingerprint density at radius 2 is 1.91 bits per heavy atom. The zero-order valence-corrected chi connectivity index (χ0v) is 14.5. The second-order valence-electron chi connectivity index (χ2n) is 4.77. The number of carbonyl (C=O) groups excluding carboxylic acids is 2. The Labute approximate surface area is 148 Å². The summed E-state index contributed by atoms with van der Waals surface area (Å²) < 4.78 is 7.89. The van der Waals surface area contributed by atoms with Gasteiger partial charge in [-0.25, -0.2) is 4.79 Å². The highest BCUT2D eigenvalue weighted by atomic mass is 35.6. The molecule has 6 nitrogen and oxygen atoms in total. The third-order valence-electron chi connectivity index (χ3n) is 3.28. The van der Waals surface area contributed by atoms with Gasteiger partial charge in [0, 0.05) is 13.1 Å². The Morgan fingerprint density at radius 3 is 2.48 bits per heavy atom. The highest BCUT2D eigenvalue weighted by Gasteiger charge is 2.31. The first-order valence-electron chi connectivity index (χ1n) is 6.76. The summed E-state index contributed by atoms with van der Waals surface area (Å²) in [4.78, 5) is 25.7. The minimum Gasteiger partial charge on any atom is -0.465 e. The molecule has 23 heavy (non-hydrogen) atoms. The molecule has 0 unspecified atom stereocenters. The number of carbonyl (C=O) groups is 2. The Morgan fingerprint density at radius 1 is 1.26 bits per heavy atom. The summed E-state index contributed by atoms with van der Waals surface area (Å²) in [7, 11) is 1.28. The molecule has 1 fully saturated rings. The van der Waals surface area contributed by atoms with Gasteiger partial charge >= 0.3 is 5.97 Å². The predicted molar refractivity (Wildman–Crippen MR) is 89.7 cm³/mol. The van der Waals surface area contributed by atoms with Gasteiger partial charge in [-0.1, -0.05) is 34.8 Å². The van der Waals surface area contributed by atoms with Crippen molar-refractivity contribution in [2.24, 2.45) is 0 Å². The SMILES string of the molecule is COC(=O)c1ccc(N2CCOCC2)c(NC(=O)C(Cl)(Cl)Cl)c1. The number of esters is 1. The molecule has 1 saturated heterocycles. The molecule has 126 valence electrons. The Hall–Kier alpha value is -1.21. The fourth-order valence-corrected chi connectivity index (χ4v) is 2.30. The number of halogens is 3. The lowest BCUT2D eigenvalue weighted by Gasteiger charge is -2.31. The lowest BCUT2D eigenvalue weighted by molar-refractivity contribution is -0.115. The summed E-state index contributed by atoms with van der Waals surface area (Å²) in [6.45, 7) is 2.43. The summed E-state index contributed by atoms with van der Waals surface area (Å²) in [5.74, 6) is -1.33. The van der Waals surface area contributed by atoms with Crippen LogP contribution < -0.4 is 10.2 Å². The van der Waals surface area contributed by atoms with E-state index in [9.17, 15) is 9.59 Å². The van der Waals surface area contributed by atoms with E-state index in [2.05, 4.69) is 10.1 Å². The van der Waals surface area contributed by atoms with Crippen LogP contribution in [-0.4, -0.2) is 49.1 Å². The first-order valence-corrected chi connectivity index (χ1v) is 7.89. The third-order valence-corrected chi connectivity index (χ3v) is 3.79. The lowest BCUT2D eigenvalue weighted by atomic mass is 10.1. The Kier molecular flexibility index (Phi) is 5.97. The molecular formula is C14H15Cl3N2O4. The Balaban J connectivity index is 2.36. The molecule has 0 spiro atoms. The van der Waals surface area contributed by atoms with Crippen LogP contribution in [0.1, 0.15) is 10.4 Å². The maximum atomic E-state index is 12.0. The topological polar surface area (TPSA) is 67.9 Å². The number of morpholine rings is 1. The molecule has 1 aromatic rings. The van der Waals surface area contributed by atoms with Crippen LogP contribution in [0.15, 0.2) is 18.2 Å². The van der Waals surface area contributed by atoms with Gasteiger partial charge in [-0.15, -0.1) is 0 Å². The molecule has 1 aliphatic rings. The molecule has 0 aliphatic carbocycles. The van der Waals surface area contributed by atoms with Crippen molar-refractivity contribution in [2.45, 2.75) is 3.79 Å². The maximum Gasteiger partial charge on any atom is 0.337 e. The molecule has 1 heterocycles. The number of alkyl halides is 3. The monoisotopic (exact) mass is 380 g/mol. The first-order chi connectivity index (χ1) is 10.8. The number of hydrogen-bond donors (Lipinski definition) is 1. The normalized spacial score (nSPS) is 15.2. The van der Waals surface area contributed by atoms with Crippen LogP contribution in [0.3, 0.4) is 0 Å². The van der Waals surface area contributed by atoms with Crippen molar-refractivity contribution in [3.63, 3.8) is 0 Å². The zero-order valence-electron chi connectivity index (χ0n) is 12.3. The number of anilines is 2. The highest BCUT2D eigenvalue weighted by Crippen LogP contribution is 2.32. The minimum absolute atomic E-state index is 0.282. The summed E-state index contributed by atoms with van der Waals surface area (Å²) in [6.07, 6.45) is 0. The van der Waals surface area contributed by atoms with Crippen LogP contribution in [0.2, 0.25) is 0 Å². The molecule has 1 aliphatic heterocycles. The number of nitrogens with one attached hydrogen (secondary N) is 1. The van der Waals surface area contributed by atoms with Gasteiger partial charge in [-0.3, -0.25) is 4.79 Å². The number of rotatable bonds is 3. The van der Waals surface area contributed by atoms with Gasteiger partial charge in [0.2, 0.25) is 0 Å². The molecule has 0 aromatic heterocycles. The molecule has 1 aromatic carbocycles.